The van der Waals surface area contributed by atoms with Crippen molar-refractivity contribution in [1.82, 2.24) is 14.5 Å². The first-order chi connectivity index (χ1) is 21.6. The summed E-state index contributed by atoms with van der Waals surface area (Å²) in [5, 5.41) is 4.99. The van der Waals surface area contributed by atoms with E-state index in [2.05, 4.69) is 146 Å². The quantitative estimate of drug-likeness (QED) is 0.214. The standard InChI is InChI=1S/C41H29N3/c1-41(2)32-21-11-9-20-30(32)38-37-28(18-13-22-33(37)41)24-31-29-19-10-12-23-36(29)44(39(31)38)40-42-34(26-14-5-3-6-15-26)25-35(43-40)27-16-7-4-8-17-27/h3-25H,1-2H3. The molecule has 0 unspecified atom stereocenters. The molecule has 3 nitrogen and oxygen atoms in total. The van der Waals surface area contributed by atoms with Gasteiger partial charge in [-0.25, -0.2) is 9.97 Å². The summed E-state index contributed by atoms with van der Waals surface area (Å²) >= 11 is 0. The van der Waals surface area contributed by atoms with Crippen LogP contribution in [0, 0.1) is 0 Å². The van der Waals surface area contributed by atoms with E-state index in [-0.39, 0.29) is 5.41 Å². The van der Waals surface area contributed by atoms with Crippen LogP contribution in [-0.4, -0.2) is 14.5 Å². The fraction of sp³-hybridized carbons (Fsp3) is 0.0732. The van der Waals surface area contributed by atoms with Gasteiger partial charge in [-0.2, -0.15) is 0 Å². The van der Waals surface area contributed by atoms with Crippen molar-refractivity contribution in [3.8, 4) is 39.6 Å². The Morgan fingerprint density at radius 2 is 1.16 bits per heavy atom. The molecule has 6 aromatic carbocycles. The molecule has 0 saturated heterocycles. The summed E-state index contributed by atoms with van der Waals surface area (Å²) in [6, 6.07) is 49.7. The molecule has 1 aliphatic carbocycles. The van der Waals surface area contributed by atoms with Crippen LogP contribution >= 0.6 is 0 Å². The van der Waals surface area contributed by atoms with Crippen molar-refractivity contribution >= 4 is 32.6 Å². The van der Waals surface area contributed by atoms with Gasteiger partial charge in [0.1, 0.15) is 0 Å². The van der Waals surface area contributed by atoms with Crippen LogP contribution in [0.15, 0.2) is 140 Å². The maximum atomic E-state index is 5.30. The number of nitrogens with zero attached hydrogens (tertiary/aromatic N) is 3. The van der Waals surface area contributed by atoms with Crippen molar-refractivity contribution in [3.63, 3.8) is 0 Å². The minimum Gasteiger partial charge on any atom is -0.277 e. The molecule has 0 radical (unpaired) electrons. The van der Waals surface area contributed by atoms with Crippen molar-refractivity contribution in [1.29, 1.82) is 0 Å². The summed E-state index contributed by atoms with van der Waals surface area (Å²) in [6.45, 7) is 4.70. The van der Waals surface area contributed by atoms with Crippen molar-refractivity contribution < 1.29 is 0 Å². The van der Waals surface area contributed by atoms with Gasteiger partial charge < -0.3 is 0 Å². The Kier molecular flexibility index (Phi) is 5.24. The first kappa shape index (κ1) is 25.0. The van der Waals surface area contributed by atoms with Crippen LogP contribution in [0.4, 0.5) is 0 Å². The number of benzene rings is 6. The van der Waals surface area contributed by atoms with Gasteiger partial charge in [0.15, 0.2) is 0 Å². The van der Waals surface area contributed by atoms with E-state index in [1.54, 1.807) is 0 Å². The maximum absolute atomic E-state index is 5.30. The third-order valence-electron chi connectivity index (χ3n) is 9.39. The van der Waals surface area contributed by atoms with Gasteiger partial charge in [-0.05, 0) is 45.7 Å². The largest absolute Gasteiger partial charge is 0.277 e. The zero-order valence-corrected chi connectivity index (χ0v) is 24.6. The second-order valence-corrected chi connectivity index (χ2v) is 12.2. The number of hydrogen-bond acceptors (Lipinski definition) is 2. The molecule has 0 amide bonds. The van der Waals surface area contributed by atoms with Crippen molar-refractivity contribution in [2.45, 2.75) is 19.3 Å². The molecule has 0 saturated carbocycles. The molecule has 208 valence electrons. The van der Waals surface area contributed by atoms with Gasteiger partial charge in [0, 0.05) is 32.9 Å². The lowest BCUT2D eigenvalue weighted by Gasteiger charge is -2.35. The molecule has 1 aliphatic rings. The van der Waals surface area contributed by atoms with Crippen molar-refractivity contribution in [2.24, 2.45) is 0 Å². The molecular weight excluding hydrogens is 534 g/mol. The molecule has 3 heteroatoms. The average molecular weight is 564 g/mol. The Hall–Kier alpha value is -5.54. The molecule has 0 fully saturated rings. The van der Waals surface area contributed by atoms with Gasteiger partial charge in [-0.1, -0.05) is 135 Å². The summed E-state index contributed by atoms with van der Waals surface area (Å²) in [5.41, 5.74) is 11.3. The molecule has 9 rings (SSSR count). The van der Waals surface area contributed by atoms with E-state index in [0.29, 0.717) is 5.95 Å². The van der Waals surface area contributed by atoms with E-state index in [9.17, 15) is 0 Å². The first-order valence-electron chi connectivity index (χ1n) is 15.2. The third kappa shape index (κ3) is 3.50. The van der Waals surface area contributed by atoms with Crippen LogP contribution in [0.2, 0.25) is 0 Å². The first-order valence-corrected chi connectivity index (χ1v) is 15.2. The third-order valence-corrected chi connectivity index (χ3v) is 9.39. The summed E-state index contributed by atoms with van der Waals surface area (Å²) in [6.07, 6.45) is 0. The van der Waals surface area contributed by atoms with Gasteiger partial charge in [-0.3, -0.25) is 4.57 Å². The number of fused-ring (bicyclic) bond motifs is 6. The van der Waals surface area contributed by atoms with E-state index < -0.39 is 0 Å². The smallest absolute Gasteiger partial charge is 0.235 e. The van der Waals surface area contributed by atoms with Crippen LogP contribution < -0.4 is 0 Å². The van der Waals surface area contributed by atoms with Crippen LogP contribution in [-0.2, 0) is 5.41 Å². The predicted octanol–water partition coefficient (Wildman–Crippen LogP) is 10.4. The lowest BCUT2D eigenvalue weighted by Crippen LogP contribution is -2.23. The summed E-state index contributed by atoms with van der Waals surface area (Å²) < 4.78 is 2.31. The van der Waals surface area contributed by atoms with E-state index in [1.165, 1.54) is 43.8 Å². The molecule has 0 atom stereocenters. The maximum Gasteiger partial charge on any atom is 0.235 e. The van der Waals surface area contributed by atoms with Gasteiger partial charge in [-0.15, -0.1) is 0 Å². The number of para-hydroxylation sites is 1. The zero-order chi connectivity index (χ0) is 29.4. The topological polar surface area (TPSA) is 30.7 Å². The molecule has 0 spiro atoms. The highest BCUT2D eigenvalue weighted by atomic mass is 15.2. The summed E-state index contributed by atoms with van der Waals surface area (Å²) in [4.78, 5) is 10.6. The minimum absolute atomic E-state index is 0.127. The number of hydrogen-bond donors (Lipinski definition) is 0. The molecule has 0 bridgehead atoms. The van der Waals surface area contributed by atoms with Gasteiger partial charge in [0.25, 0.3) is 0 Å². The number of aromatic nitrogens is 3. The Labute approximate surface area is 256 Å². The Bertz CT molecular complexity index is 2340. The van der Waals surface area contributed by atoms with Gasteiger partial charge in [0.2, 0.25) is 5.95 Å². The van der Waals surface area contributed by atoms with E-state index in [0.717, 1.165) is 33.5 Å². The predicted molar refractivity (Wildman–Crippen MR) is 182 cm³/mol. The monoisotopic (exact) mass is 563 g/mol. The van der Waals surface area contributed by atoms with Gasteiger partial charge >= 0.3 is 0 Å². The molecule has 2 heterocycles. The summed E-state index contributed by atoms with van der Waals surface area (Å²) in [7, 11) is 0. The van der Waals surface area contributed by atoms with Crippen LogP contribution in [0.3, 0.4) is 0 Å². The number of rotatable bonds is 3. The van der Waals surface area contributed by atoms with E-state index in [1.807, 2.05) is 12.1 Å². The van der Waals surface area contributed by atoms with E-state index >= 15 is 0 Å². The minimum atomic E-state index is -0.127. The second kappa shape index (κ2) is 9.23. The SMILES string of the molecule is CC1(C)c2ccccc2-c2c3c1cccc3cc1c3ccccc3n(-c3nc(-c4ccccc4)cc(-c4ccccc4)n3)c21. The van der Waals surface area contributed by atoms with Crippen molar-refractivity contribution in [3.05, 3.63) is 151 Å². The molecule has 0 aliphatic heterocycles. The molecule has 8 aromatic rings. The Morgan fingerprint density at radius 1 is 0.545 bits per heavy atom. The lowest BCUT2D eigenvalue weighted by molar-refractivity contribution is 0.645. The highest BCUT2D eigenvalue weighted by molar-refractivity contribution is 6.22. The zero-order valence-electron chi connectivity index (χ0n) is 24.6. The molecule has 44 heavy (non-hydrogen) atoms. The fourth-order valence-corrected chi connectivity index (χ4v) is 7.33. The fourth-order valence-electron chi connectivity index (χ4n) is 7.33. The lowest BCUT2D eigenvalue weighted by atomic mass is 9.68. The molecule has 2 aromatic heterocycles. The Balaban J connectivity index is 1.48. The van der Waals surface area contributed by atoms with E-state index in [4.69, 9.17) is 9.97 Å². The van der Waals surface area contributed by atoms with Crippen LogP contribution in [0.25, 0.3) is 72.2 Å². The van der Waals surface area contributed by atoms with Crippen molar-refractivity contribution in [2.75, 3.05) is 0 Å². The van der Waals surface area contributed by atoms with Crippen LogP contribution in [0.1, 0.15) is 25.0 Å². The van der Waals surface area contributed by atoms with Gasteiger partial charge in [0.05, 0.1) is 22.4 Å². The average Bonchev–Trinajstić information content (AvgIpc) is 3.41. The summed E-state index contributed by atoms with van der Waals surface area (Å²) in [5.74, 6) is 0.673. The molecule has 0 N–H and O–H groups in total. The highest BCUT2D eigenvalue weighted by Crippen LogP contribution is 2.52. The Morgan fingerprint density at radius 3 is 1.89 bits per heavy atom. The second-order valence-electron chi connectivity index (χ2n) is 12.2. The molecular formula is C41H29N3. The van der Waals surface area contributed by atoms with Crippen LogP contribution in [0.5, 0.6) is 0 Å². The highest BCUT2D eigenvalue weighted by Gasteiger charge is 2.35. The normalized spacial score (nSPS) is 13.4.